The number of nitrogens with zero attached hydrogens (tertiary/aromatic N) is 5. The molecule has 1 N–H and O–H groups in total. The fraction of sp³-hybridized carbons (Fsp3) is 0.294. The Hall–Kier alpha value is -5.44. The number of hydrogen-bond acceptors (Lipinski definition) is 10. The molecule has 2 aromatic carbocycles. The van der Waals surface area contributed by atoms with Crippen LogP contribution in [0.2, 0.25) is 0 Å². The van der Waals surface area contributed by atoms with Crippen LogP contribution < -0.4 is 31.1 Å². The second-order valence-electron chi connectivity index (χ2n) is 11.9. The third-order valence-corrected chi connectivity index (χ3v) is 10.0. The van der Waals surface area contributed by atoms with Gasteiger partial charge in [0.2, 0.25) is 0 Å². The van der Waals surface area contributed by atoms with Gasteiger partial charge >= 0.3 is 11.4 Å². The number of halogens is 1. The minimum atomic E-state index is -0.794. The van der Waals surface area contributed by atoms with Gasteiger partial charge in [-0.3, -0.25) is 14.4 Å². The average molecular weight is 733 g/mol. The van der Waals surface area contributed by atoms with Crippen molar-refractivity contribution in [3.8, 4) is 23.0 Å². The molecule has 0 fully saturated rings. The largest absolute Gasteiger partial charge is 0.508 e. The van der Waals surface area contributed by atoms with E-state index in [0.29, 0.717) is 39.4 Å². The van der Waals surface area contributed by atoms with Crippen LogP contribution in [0.25, 0.3) is 11.0 Å². The Morgan fingerprint density at radius 2 is 1.67 bits per heavy atom. The molecule has 2 atom stereocenters. The highest BCUT2D eigenvalue weighted by atomic mass is 79.9. The van der Waals surface area contributed by atoms with Crippen LogP contribution >= 0.6 is 15.9 Å². The molecule has 0 saturated carbocycles. The lowest BCUT2D eigenvalue weighted by atomic mass is 9.68. The molecule has 0 bridgehead atoms. The fourth-order valence-electron chi connectivity index (χ4n) is 7.10. The van der Waals surface area contributed by atoms with E-state index in [-0.39, 0.29) is 58.8 Å². The predicted molar refractivity (Wildman–Crippen MR) is 180 cm³/mol. The van der Waals surface area contributed by atoms with Gasteiger partial charge < -0.3 is 23.9 Å². The molecule has 0 amide bonds. The Morgan fingerprint density at radius 1 is 0.959 bits per heavy atom. The van der Waals surface area contributed by atoms with Gasteiger partial charge in [0.05, 0.1) is 49.4 Å². The number of allylic oxidation sites excluding steroid dienone is 6. The number of phenolic OH excluding ortho intramolecular Hbond substituents is 1. The van der Waals surface area contributed by atoms with Crippen molar-refractivity contribution in [3.05, 3.63) is 106 Å². The standard InChI is InChI=1S/C34H30BrN5O9/c1-37-24-15-28(49-4)27(48-3)14-22(24)36-21(32(37)44)8-9-38-33(45)39-10-7-17-23(40(39)34(38)46)12-19-30(25(42)13-20(35)31(19)43)29(17)18-6-5-16(41)11-26(18)47-2/h5-7,11,13-15,23,29,41H,8-10,12H2,1-4H3/t23-,29-/m1/s1. The number of methoxy groups -OCH3 is 3. The summed E-state index contributed by atoms with van der Waals surface area (Å²) >= 11 is 3.21. The number of benzene rings is 2. The zero-order chi connectivity index (χ0) is 34.9. The molecule has 49 heavy (non-hydrogen) atoms. The third kappa shape index (κ3) is 4.90. The maximum atomic E-state index is 14.1. The summed E-state index contributed by atoms with van der Waals surface area (Å²) in [6, 6.07) is 7.01. The Bertz CT molecular complexity index is 2410. The highest BCUT2D eigenvalue weighted by Crippen LogP contribution is 2.52. The van der Waals surface area contributed by atoms with E-state index in [4.69, 9.17) is 14.2 Å². The van der Waals surface area contributed by atoms with E-state index in [0.717, 1.165) is 4.57 Å². The van der Waals surface area contributed by atoms with Gasteiger partial charge in [-0.15, -0.1) is 0 Å². The maximum Gasteiger partial charge on any atom is 0.347 e. The summed E-state index contributed by atoms with van der Waals surface area (Å²) in [4.78, 5) is 72.7. The highest BCUT2D eigenvalue weighted by Gasteiger charge is 2.45. The number of aryl methyl sites for hydroxylation is 2. The summed E-state index contributed by atoms with van der Waals surface area (Å²) < 4.78 is 21.5. The van der Waals surface area contributed by atoms with Crippen LogP contribution in [-0.4, -0.2) is 61.5 Å². The van der Waals surface area contributed by atoms with Gasteiger partial charge in [-0.1, -0.05) is 12.1 Å². The first-order valence-electron chi connectivity index (χ1n) is 15.3. The Kier molecular flexibility index (Phi) is 7.81. The van der Waals surface area contributed by atoms with Gasteiger partial charge in [0, 0.05) is 73.3 Å². The van der Waals surface area contributed by atoms with Gasteiger partial charge in [0.25, 0.3) is 5.56 Å². The number of aromatic hydroxyl groups is 1. The summed E-state index contributed by atoms with van der Waals surface area (Å²) in [5, 5.41) is 10.2. The Balaban J connectivity index is 1.30. The van der Waals surface area contributed by atoms with Crippen LogP contribution in [0.5, 0.6) is 23.0 Å². The second kappa shape index (κ2) is 11.9. The van der Waals surface area contributed by atoms with E-state index >= 15 is 0 Å². The van der Waals surface area contributed by atoms with E-state index in [1.165, 1.54) is 53.5 Å². The molecule has 0 radical (unpaired) electrons. The first kappa shape index (κ1) is 32.1. The summed E-state index contributed by atoms with van der Waals surface area (Å²) in [5.41, 5.74) is 1.17. The van der Waals surface area contributed by atoms with Crippen molar-refractivity contribution in [1.29, 1.82) is 0 Å². The number of aromatic nitrogens is 5. The van der Waals surface area contributed by atoms with E-state index in [1.807, 2.05) is 0 Å². The topological polar surface area (TPSA) is 166 Å². The highest BCUT2D eigenvalue weighted by molar-refractivity contribution is 9.12. The maximum absolute atomic E-state index is 14.1. The molecular weight excluding hydrogens is 702 g/mol. The molecule has 0 unspecified atom stereocenters. The third-order valence-electron chi connectivity index (χ3n) is 9.43. The van der Waals surface area contributed by atoms with Crippen molar-refractivity contribution in [2.45, 2.75) is 37.9 Å². The molecular formula is C34H30BrN5O9. The van der Waals surface area contributed by atoms with E-state index in [9.17, 15) is 29.1 Å². The normalized spacial score (nSPS) is 18.5. The minimum absolute atomic E-state index is 0.00694. The second-order valence-corrected chi connectivity index (χ2v) is 12.7. The van der Waals surface area contributed by atoms with Crippen LogP contribution in [0, 0.1) is 0 Å². The molecule has 2 aromatic heterocycles. The Morgan fingerprint density at radius 3 is 2.39 bits per heavy atom. The quantitative estimate of drug-likeness (QED) is 0.220. The van der Waals surface area contributed by atoms with Gasteiger partial charge in [-0.25, -0.2) is 28.5 Å². The molecule has 0 saturated heterocycles. The summed E-state index contributed by atoms with van der Waals surface area (Å²) in [5.74, 6) is -0.446. The van der Waals surface area contributed by atoms with Crippen LogP contribution in [0.4, 0.5) is 0 Å². The number of ether oxygens (including phenoxy) is 3. The number of ketones is 2. The zero-order valence-corrected chi connectivity index (χ0v) is 28.4. The van der Waals surface area contributed by atoms with E-state index in [2.05, 4.69) is 20.9 Å². The fourth-order valence-corrected chi connectivity index (χ4v) is 7.55. The predicted octanol–water partition coefficient (Wildman–Crippen LogP) is 2.43. The van der Waals surface area contributed by atoms with Crippen molar-refractivity contribution >= 4 is 38.5 Å². The molecule has 3 aliphatic rings. The minimum Gasteiger partial charge on any atom is -0.508 e. The van der Waals surface area contributed by atoms with Crippen molar-refractivity contribution in [2.24, 2.45) is 7.05 Å². The lowest BCUT2D eigenvalue weighted by molar-refractivity contribution is -0.115. The van der Waals surface area contributed by atoms with Gasteiger partial charge in [0.1, 0.15) is 17.2 Å². The lowest BCUT2D eigenvalue weighted by Crippen LogP contribution is -2.40. The van der Waals surface area contributed by atoms with Crippen molar-refractivity contribution in [3.63, 3.8) is 0 Å². The van der Waals surface area contributed by atoms with Crippen molar-refractivity contribution in [1.82, 2.24) is 23.5 Å². The Labute approximate surface area is 285 Å². The number of Topliss-reactive ketones (excluding diaryl/α,β-unsaturated/α-hetero) is 1. The van der Waals surface area contributed by atoms with Gasteiger partial charge in [-0.05, 0) is 27.6 Å². The number of fused-ring (bicyclic) bond motifs is 4. The lowest BCUT2D eigenvalue weighted by Gasteiger charge is -2.39. The first-order chi connectivity index (χ1) is 23.5. The number of hydrogen-bond donors (Lipinski definition) is 1. The molecule has 15 heteroatoms. The van der Waals surface area contributed by atoms with Crippen LogP contribution in [0.1, 0.15) is 29.6 Å². The average Bonchev–Trinajstić information content (AvgIpc) is 3.34. The molecule has 14 nitrogen and oxygen atoms in total. The van der Waals surface area contributed by atoms with Crippen LogP contribution in [0.15, 0.2) is 78.1 Å². The van der Waals surface area contributed by atoms with Gasteiger partial charge in [0.15, 0.2) is 23.1 Å². The molecule has 3 heterocycles. The first-order valence-corrected chi connectivity index (χ1v) is 16.1. The molecule has 2 aliphatic carbocycles. The number of carbonyl (C=O) groups excluding carboxylic acids is 2. The number of carbonyl (C=O) groups is 2. The molecule has 252 valence electrons. The van der Waals surface area contributed by atoms with Crippen LogP contribution in [-0.2, 0) is 36.1 Å². The van der Waals surface area contributed by atoms with E-state index < -0.39 is 34.7 Å². The smallest absolute Gasteiger partial charge is 0.347 e. The van der Waals surface area contributed by atoms with E-state index in [1.54, 1.807) is 31.3 Å². The summed E-state index contributed by atoms with van der Waals surface area (Å²) in [7, 11) is 6.02. The zero-order valence-electron chi connectivity index (χ0n) is 26.9. The monoisotopic (exact) mass is 731 g/mol. The van der Waals surface area contributed by atoms with Gasteiger partial charge in [-0.2, -0.15) is 0 Å². The molecule has 1 aliphatic heterocycles. The number of rotatable bonds is 7. The SMILES string of the molecule is COc1cc2nc(CCn3c(=O)n4n(c3=O)[C@@H]3CC5=C(C(=O)C=C(Br)C5=O)[C@@H](c5ccc(O)cc5OC)C3=CC4)c(=O)n(C)c2cc1OC. The van der Waals surface area contributed by atoms with Crippen molar-refractivity contribution < 1.29 is 28.9 Å². The summed E-state index contributed by atoms with van der Waals surface area (Å²) in [6.07, 6.45) is 3.01. The number of phenols is 1. The molecule has 0 spiro atoms. The van der Waals surface area contributed by atoms with Crippen LogP contribution in [0.3, 0.4) is 0 Å². The molecule has 4 aromatic rings. The van der Waals surface area contributed by atoms with Crippen molar-refractivity contribution in [2.75, 3.05) is 21.3 Å². The summed E-state index contributed by atoms with van der Waals surface area (Å²) in [6.45, 7) is -0.117. The molecule has 7 rings (SSSR count).